The molecule has 0 aromatic rings. The van der Waals surface area contributed by atoms with E-state index in [-0.39, 0.29) is 31.6 Å². The molecule has 8 heteroatoms. The van der Waals surface area contributed by atoms with Crippen LogP contribution in [0.3, 0.4) is 0 Å². The van der Waals surface area contributed by atoms with E-state index in [9.17, 15) is 27.9 Å². The number of hydrogen-bond acceptors (Lipinski definition) is 2. The van der Waals surface area contributed by atoms with Gasteiger partial charge in [0.25, 0.3) is 0 Å². The molecule has 0 aliphatic heterocycles. The molecule has 2 unspecified atom stereocenters. The summed E-state index contributed by atoms with van der Waals surface area (Å²) in [5.41, 5.74) is -3.65. The Morgan fingerprint density at radius 3 is 2.24 bits per heavy atom. The number of rotatable bonds is 3. The average molecular weight is 308 g/mol. The van der Waals surface area contributed by atoms with Crippen LogP contribution in [0.15, 0.2) is 0 Å². The molecule has 0 bridgehead atoms. The Kier molecular flexibility index (Phi) is 3.84. The maximum absolute atomic E-state index is 12.8. The fourth-order valence-electron chi connectivity index (χ4n) is 2.98. The van der Waals surface area contributed by atoms with E-state index in [1.54, 1.807) is 0 Å². The zero-order valence-corrected chi connectivity index (χ0v) is 11.7. The minimum atomic E-state index is -4.51. The molecule has 0 radical (unpaired) electrons. The fourth-order valence-corrected chi connectivity index (χ4v) is 2.98. The minimum absolute atomic E-state index is 0.104. The number of halogens is 3. The van der Waals surface area contributed by atoms with Gasteiger partial charge in [-0.15, -0.1) is 0 Å². The molecule has 2 saturated carbocycles. The van der Waals surface area contributed by atoms with Gasteiger partial charge in [0, 0.05) is 0 Å². The van der Waals surface area contributed by atoms with Crippen molar-refractivity contribution in [3.8, 4) is 0 Å². The summed E-state index contributed by atoms with van der Waals surface area (Å²) in [6, 6.07) is -1.05. The number of amides is 2. The Bertz CT molecular complexity index is 448. The number of carbonyl (C=O) groups is 2. The molecule has 2 rings (SSSR count). The van der Waals surface area contributed by atoms with E-state index in [1.165, 1.54) is 0 Å². The number of carboxylic acids is 1. The number of carboxylic acid groups (broad SMARTS) is 1. The van der Waals surface area contributed by atoms with Crippen molar-refractivity contribution in [2.45, 2.75) is 62.7 Å². The van der Waals surface area contributed by atoms with Crippen molar-refractivity contribution in [3.05, 3.63) is 0 Å². The first kappa shape index (κ1) is 15.9. The monoisotopic (exact) mass is 308 g/mol. The van der Waals surface area contributed by atoms with Crippen molar-refractivity contribution in [1.82, 2.24) is 10.6 Å². The standard InChI is InChI=1S/C13H19F3N2O3/c1-8-3-2-4-11(7-8,9(19)20)17-10(21)18-12(5-6-12)13(14,15)16/h8H,2-7H2,1H3,(H,19,20)(H2,17,18,21). The third-order valence-corrected chi connectivity index (χ3v) is 4.41. The number of urea groups is 1. The molecule has 0 saturated heterocycles. The summed E-state index contributed by atoms with van der Waals surface area (Å²) in [6.07, 6.45) is -2.90. The average Bonchev–Trinajstić information content (AvgIpc) is 3.08. The van der Waals surface area contributed by atoms with Crippen molar-refractivity contribution >= 4 is 12.0 Å². The third-order valence-electron chi connectivity index (χ3n) is 4.41. The molecular weight excluding hydrogens is 289 g/mol. The second kappa shape index (κ2) is 5.06. The molecule has 2 atom stereocenters. The molecule has 2 aliphatic carbocycles. The van der Waals surface area contributed by atoms with Crippen LogP contribution in [0.2, 0.25) is 0 Å². The summed E-state index contributed by atoms with van der Waals surface area (Å²) in [6.45, 7) is 1.87. The number of hydrogen-bond donors (Lipinski definition) is 3. The summed E-state index contributed by atoms with van der Waals surface area (Å²) in [5, 5.41) is 13.6. The van der Waals surface area contributed by atoms with Gasteiger partial charge >= 0.3 is 18.2 Å². The zero-order chi connectivity index (χ0) is 15.9. The lowest BCUT2D eigenvalue weighted by Crippen LogP contribution is -2.62. The topological polar surface area (TPSA) is 78.4 Å². The first-order chi connectivity index (χ1) is 9.60. The van der Waals surface area contributed by atoms with Gasteiger partial charge < -0.3 is 15.7 Å². The lowest BCUT2D eigenvalue weighted by molar-refractivity contribution is -0.163. The summed E-state index contributed by atoms with van der Waals surface area (Å²) in [5.74, 6) is -1.09. The second-order valence-electron chi connectivity index (χ2n) is 6.25. The summed E-state index contributed by atoms with van der Waals surface area (Å²) < 4.78 is 38.4. The van der Waals surface area contributed by atoms with Gasteiger partial charge in [-0.1, -0.05) is 19.8 Å². The van der Waals surface area contributed by atoms with Crippen LogP contribution < -0.4 is 10.6 Å². The Labute approximate surface area is 120 Å². The Hall–Kier alpha value is -1.47. The SMILES string of the molecule is CC1CCCC(NC(=O)NC2(C(F)(F)F)CC2)(C(=O)O)C1. The molecule has 2 fully saturated rings. The molecule has 0 spiro atoms. The highest BCUT2D eigenvalue weighted by Crippen LogP contribution is 2.48. The molecule has 2 amide bonds. The molecule has 5 nitrogen and oxygen atoms in total. The lowest BCUT2D eigenvalue weighted by Gasteiger charge is -2.37. The molecule has 0 heterocycles. The predicted octanol–water partition coefficient (Wildman–Crippen LogP) is 2.41. The summed E-state index contributed by atoms with van der Waals surface area (Å²) in [4.78, 5) is 23.3. The number of nitrogens with one attached hydrogen (secondary N) is 2. The Morgan fingerprint density at radius 2 is 1.81 bits per heavy atom. The molecule has 0 aromatic carbocycles. The Balaban J connectivity index is 2.05. The van der Waals surface area contributed by atoms with E-state index in [2.05, 4.69) is 5.32 Å². The molecule has 2 aliphatic rings. The van der Waals surface area contributed by atoms with Crippen LogP contribution in [-0.4, -0.2) is 34.4 Å². The van der Waals surface area contributed by atoms with E-state index < -0.39 is 29.3 Å². The van der Waals surface area contributed by atoms with Gasteiger partial charge in [-0.3, -0.25) is 0 Å². The minimum Gasteiger partial charge on any atom is -0.480 e. The van der Waals surface area contributed by atoms with Gasteiger partial charge in [-0.05, 0) is 31.6 Å². The highest BCUT2D eigenvalue weighted by atomic mass is 19.4. The highest BCUT2D eigenvalue weighted by molar-refractivity contribution is 5.86. The van der Waals surface area contributed by atoms with Gasteiger partial charge in [-0.25, -0.2) is 9.59 Å². The lowest BCUT2D eigenvalue weighted by atomic mass is 9.76. The fraction of sp³-hybridized carbons (Fsp3) is 0.846. The summed E-state index contributed by atoms with van der Waals surface area (Å²) in [7, 11) is 0. The van der Waals surface area contributed by atoms with Crippen molar-refractivity contribution in [2.24, 2.45) is 5.92 Å². The van der Waals surface area contributed by atoms with Crippen molar-refractivity contribution in [2.75, 3.05) is 0 Å². The van der Waals surface area contributed by atoms with Crippen LogP contribution in [-0.2, 0) is 4.79 Å². The maximum Gasteiger partial charge on any atom is 0.411 e. The van der Waals surface area contributed by atoms with Crippen LogP contribution in [0.25, 0.3) is 0 Å². The molecule has 3 N–H and O–H groups in total. The van der Waals surface area contributed by atoms with E-state index >= 15 is 0 Å². The van der Waals surface area contributed by atoms with Crippen LogP contribution in [0.1, 0.15) is 45.4 Å². The third kappa shape index (κ3) is 3.08. The zero-order valence-electron chi connectivity index (χ0n) is 11.7. The first-order valence-corrected chi connectivity index (χ1v) is 7.01. The van der Waals surface area contributed by atoms with Gasteiger partial charge in [0.1, 0.15) is 11.1 Å². The van der Waals surface area contributed by atoms with E-state index in [4.69, 9.17) is 0 Å². The number of alkyl halides is 3. The van der Waals surface area contributed by atoms with Crippen molar-refractivity contribution < 1.29 is 27.9 Å². The quantitative estimate of drug-likeness (QED) is 0.749. The highest BCUT2D eigenvalue weighted by Gasteiger charge is 2.64. The Morgan fingerprint density at radius 1 is 1.19 bits per heavy atom. The normalized spacial score (nSPS) is 31.3. The van der Waals surface area contributed by atoms with Crippen LogP contribution in [0.4, 0.5) is 18.0 Å². The van der Waals surface area contributed by atoms with Gasteiger partial charge in [0.05, 0.1) is 0 Å². The molecule has 120 valence electrons. The van der Waals surface area contributed by atoms with Gasteiger partial charge in [0.2, 0.25) is 0 Å². The van der Waals surface area contributed by atoms with Crippen LogP contribution in [0.5, 0.6) is 0 Å². The first-order valence-electron chi connectivity index (χ1n) is 7.01. The van der Waals surface area contributed by atoms with Crippen molar-refractivity contribution in [1.29, 1.82) is 0 Å². The van der Waals surface area contributed by atoms with E-state index in [0.717, 1.165) is 6.42 Å². The number of aliphatic carboxylic acids is 1. The van der Waals surface area contributed by atoms with Crippen molar-refractivity contribution in [3.63, 3.8) is 0 Å². The van der Waals surface area contributed by atoms with Gasteiger partial charge in [-0.2, -0.15) is 13.2 Å². The predicted molar refractivity (Wildman–Crippen MR) is 67.7 cm³/mol. The number of carbonyl (C=O) groups excluding carboxylic acids is 1. The largest absolute Gasteiger partial charge is 0.480 e. The maximum atomic E-state index is 12.8. The van der Waals surface area contributed by atoms with Gasteiger partial charge in [0.15, 0.2) is 0 Å². The second-order valence-corrected chi connectivity index (χ2v) is 6.25. The van der Waals surface area contributed by atoms with Crippen LogP contribution in [0, 0.1) is 5.92 Å². The summed E-state index contributed by atoms with van der Waals surface area (Å²) >= 11 is 0. The van der Waals surface area contributed by atoms with E-state index in [1.807, 2.05) is 12.2 Å². The van der Waals surface area contributed by atoms with Crippen LogP contribution >= 0.6 is 0 Å². The van der Waals surface area contributed by atoms with E-state index in [0.29, 0.717) is 6.42 Å². The molecule has 0 aromatic heterocycles. The molecule has 21 heavy (non-hydrogen) atoms. The molecular formula is C13H19F3N2O3. The smallest absolute Gasteiger partial charge is 0.411 e.